The fourth-order valence-electron chi connectivity index (χ4n) is 3.63. The molecule has 3 aromatic carbocycles. The van der Waals surface area contributed by atoms with Crippen LogP contribution < -0.4 is 10.1 Å². The Bertz CT molecular complexity index is 829. The highest BCUT2D eigenvalue weighted by molar-refractivity contribution is 5.39. The van der Waals surface area contributed by atoms with Crippen molar-refractivity contribution in [2.75, 3.05) is 19.7 Å². The molecule has 0 spiro atoms. The zero-order chi connectivity index (χ0) is 18.3. The van der Waals surface area contributed by atoms with Gasteiger partial charge >= 0.3 is 0 Å². The molecule has 1 aliphatic rings. The van der Waals surface area contributed by atoms with E-state index in [2.05, 4.69) is 47.8 Å². The molecule has 1 fully saturated rings. The first-order chi connectivity index (χ1) is 13.4. The smallest absolute Gasteiger partial charge is 0.130 e. The molecule has 0 bridgehead atoms. The second-order valence-electron chi connectivity index (χ2n) is 6.86. The standard InChI is InChI=1S/C24H25NO2/c1-3-9-19(10-4-1)22(24-18-25-15-16-26-24)17-20-11-7-8-14-23(20)27-21-12-5-2-6-13-21/h1-14,22,24-25H,15-18H2/t22-,24-/m1/s1. The average molecular weight is 359 g/mol. The molecule has 27 heavy (non-hydrogen) atoms. The van der Waals surface area contributed by atoms with E-state index in [1.165, 1.54) is 11.1 Å². The van der Waals surface area contributed by atoms with Gasteiger partial charge in [0.05, 0.1) is 12.7 Å². The first-order valence-corrected chi connectivity index (χ1v) is 9.58. The SMILES string of the molecule is c1ccc(Oc2ccccc2C[C@H](c2ccccc2)[C@H]2CNCCO2)cc1. The van der Waals surface area contributed by atoms with Crippen LogP contribution in [0.4, 0.5) is 0 Å². The van der Waals surface area contributed by atoms with Crippen molar-refractivity contribution in [3.8, 4) is 11.5 Å². The molecule has 3 heteroatoms. The maximum absolute atomic E-state index is 6.18. The number of hydrogen-bond acceptors (Lipinski definition) is 3. The summed E-state index contributed by atoms with van der Waals surface area (Å²) in [6.45, 7) is 2.56. The van der Waals surface area contributed by atoms with Gasteiger partial charge in [-0.05, 0) is 35.7 Å². The Labute approximate surface area is 161 Å². The summed E-state index contributed by atoms with van der Waals surface area (Å²) < 4.78 is 12.3. The molecule has 3 aromatic rings. The molecule has 2 atom stereocenters. The third kappa shape index (κ3) is 4.57. The van der Waals surface area contributed by atoms with Crippen LogP contribution in [0.1, 0.15) is 17.0 Å². The second-order valence-corrected chi connectivity index (χ2v) is 6.86. The normalized spacial score (nSPS) is 18.0. The van der Waals surface area contributed by atoms with Crippen LogP contribution in [-0.2, 0) is 11.2 Å². The quantitative estimate of drug-likeness (QED) is 0.686. The van der Waals surface area contributed by atoms with Crippen LogP contribution in [0.3, 0.4) is 0 Å². The Balaban J connectivity index is 1.61. The highest BCUT2D eigenvalue weighted by atomic mass is 16.5. The molecule has 3 nitrogen and oxygen atoms in total. The highest BCUT2D eigenvalue weighted by Gasteiger charge is 2.27. The maximum atomic E-state index is 6.18. The van der Waals surface area contributed by atoms with E-state index in [0.29, 0.717) is 0 Å². The third-order valence-electron chi connectivity index (χ3n) is 5.02. The van der Waals surface area contributed by atoms with Gasteiger partial charge in [0.25, 0.3) is 0 Å². The van der Waals surface area contributed by atoms with E-state index >= 15 is 0 Å². The van der Waals surface area contributed by atoms with E-state index in [1.807, 2.05) is 42.5 Å². The van der Waals surface area contributed by atoms with Gasteiger partial charge in [-0.1, -0.05) is 66.7 Å². The van der Waals surface area contributed by atoms with Crippen molar-refractivity contribution in [2.24, 2.45) is 0 Å². The molecule has 0 amide bonds. The Morgan fingerprint density at radius 2 is 1.59 bits per heavy atom. The van der Waals surface area contributed by atoms with Gasteiger partial charge in [0, 0.05) is 19.0 Å². The van der Waals surface area contributed by atoms with E-state index in [9.17, 15) is 0 Å². The lowest BCUT2D eigenvalue weighted by molar-refractivity contribution is 0.0109. The summed E-state index contributed by atoms with van der Waals surface area (Å²) in [5.74, 6) is 2.05. The Kier molecular flexibility index (Phi) is 5.83. The van der Waals surface area contributed by atoms with Crippen molar-refractivity contribution >= 4 is 0 Å². The molecular formula is C24H25NO2. The Hall–Kier alpha value is -2.62. The molecule has 0 aromatic heterocycles. The Morgan fingerprint density at radius 1 is 0.889 bits per heavy atom. The monoisotopic (exact) mass is 359 g/mol. The van der Waals surface area contributed by atoms with Gasteiger partial charge in [-0.25, -0.2) is 0 Å². The van der Waals surface area contributed by atoms with Crippen LogP contribution in [0.15, 0.2) is 84.9 Å². The van der Waals surface area contributed by atoms with Crippen LogP contribution in [0, 0.1) is 0 Å². The first kappa shape index (κ1) is 17.8. The van der Waals surface area contributed by atoms with Crippen LogP contribution >= 0.6 is 0 Å². The van der Waals surface area contributed by atoms with Crippen molar-refractivity contribution in [2.45, 2.75) is 18.4 Å². The summed E-state index contributed by atoms with van der Waals surface area (Å²) in [6.07, 6.45) is 1.03. The zero-order valence-electron chi connectivity index (χ0n) is 15.4. The van der Waals surface area contributed by atoms with Crippen LogP contribution in [0.25, 0.3) is 0 Å². The topological polar surface area (TPSA) is 30.5 Å². The number of ether oxygens (including phenoxy) is 2. The van der Waals surface area contributed by atoms with Gasteiger partial charge in [0.2, 0.25) is 0 Å². The van der Waals surface area contributed by atoms with Crippen molar-refractivity contribution < 1.29 is 9.47 Å². The van der Waals surface area contributed by atoms with Crippen molar-refractivity contribution in [1.82, 2.24) is 5.32 Å². The van der Waals surface area contributed by atoms with Crippen molar-refractivity contribution in [1.29, 1.82) is 0 Å². The molecule has 4 rings (SSSR count). The lowest BCUT2D eigenvalue weighted by atomic mass is 9.86. The van der Waals surface area contributed by atoms with Gasteiger partial charge in [-0.2, -0.15) is 0 Å². The summed E-state index contributed by atoms with van der Waals surface area (Å²) >= 11 is 0. The number of benzene rings is 3. The summed E-state index contributed by atoms with van der Waals surface area (Å²) in [4.78, 5) is 0. The van der Waals surface area contributed by atoms with Gasteiger partial charge < -0.3 is 14.8 Å². The minimum Gasteiger partial charge on any atom is -0.457 e. The number of hydrogen-bond donors (Lipinski definition) is 1. The predicted octanol–water partition coefficient (Wildman–Crippen LogP) is 4.79. The maximum Gasteiger partial charge on any atom is 0.130 e. The lowest BCUT2D eigenvalue weighted by Crippen LogP contribution is -2.42. The number of para-hydroxylation sites is 2. The lowest BCUT2D eigenvalue weighted by Gasteiger charge is -2.32. The number of nitrogens with one attached hydrogen (secondary N) is 1. The molecule has 0 aliphatic carbocycles. The second kappa shape index (κ2) is 8.85. The molecule has 1 heterocycles. The summed E-state index contributed by atoms with van der Waals surface area (Å²) in [5, 5.41) is 3.47. The molecule has 1 aliphatic heterocycles. The molecular weight excluding hydrogens is 334 g/mol. The number of morpholine rings is 1. The minimum absolute atomic E-state index is 0.158. The molecule has 138 valence electrons. The highest BCUT2D eigenvalue weighted by Crippen LogP contribution is 2.32. The molecule has 0 saturated carbocycles. The third-order valence-corrected chi connectivity index (χ3v) is 5.02. The van der Waals surface area contributed by atoms with E-state index < -0.39 is 0 Å². The van der Waals surface area contributed by atoms with Crippen LogP contribution in [0.2, 0.25) is 0 Å². The van der Waals surface area contributed by atoms with Gasteiger partial charge in [-0.3, -0.25) is 0 Å². The summed E-state index contributed by atoms with van der Waals surface area (Å²) in [7, 11) is 0. The fraction of sp³-hybridized carbons (Fsp3) is 0.250. The molecule has 0 radical (unpaired) electrons. The molecule has 1 N–H and O–H groups in total. The fourth-order valence-corrected chi connectivity index (χ4v) is 3.63. The molecule has 1 saturated heterocycles. The van der Waals surface area contributed by atoms with E-state index in [0.717, 1.165) is 37.6 Å². The number of rotatable bonds is 6. The van der Waals surface area contributed by atoms with Crippen LogP contribution in [-0.4, -0.2) is 25.8 Å². The van der Waals surface area contributed by atoms with E-state index in [4.69, 9.17) is 9.47 Å². The van der Waals surface area contributed by atoms with Crippen LogP contribution in [0.5, 0.6) is 11.5 Å². The van der Waals surface area contributed by atoms with Crippen molar-refractivity contribution in [3.05, 3.63) is 96.1 Å². The molecule has 0 unspecified atom stereocenters. The van der Waals surface area contributed by atoms with E-state index in [-0.39, 0.29) is 12.0 Å². The predicted molar refractivity (Wildman–Crippen MR) is 108 cm³/mol. The van der Waals surface area contributed by atoms with Gasteiger partial charge in [0.1, 0.15) is 11.5 Å². The summed E-state index contributed by atoms with van der Waals surface area (Å²) in [5.41, 5.74) is 2.50. The summed E-state index contributed by atoms with van der Waals surface area (Å²) in [6, 6.07) is 28.9. The van der Waals surface area contributed by atoms with Gasteiger partial charge in [0.15, 0.2) is 0 Å². The zero-order valence-corrected chi connectivity index (χ0v) is 15.4. The van der Waals surface area contributed by atoms with E-state index in [1.54, 1.807) is 0 Å². The average Bonchev–Trinajstić information content (AvgIpc) is 2.75. The van der Waals surface area contributed by atoms with Gasteiger partial charge in [-0.15, -0.1) is 0 Å². The largest absolute Gasteiger partial charge is 0.457 e. The van der Waals surface area contributed by atoms with Crippen molar-refractivity contribution in [3.63, 3.8) is 0 Å². The Morgan fingerprint density at radius 3 is 2.33 bits per heavy atom. The minimum atomic E-state index is 0.158. The first-order valence-electron chi connectivity index (χ1n) is 9.58.